The molecule has 0 radical (unpaired) electrons. The van der Waals surface area contributed by atoms with Crippen LogP contribution in [0, 0.1) is 0 Å². The highest BCUT2D eigenvalue weighted by Gasteiger charge is 2.23. The monoisotopic (exact) mass is 257 g/mol. The van der Waals surface area contributed by atoms with Gasteiger partial charge in [-0.15, -0.1) is 0 Å². The number of aliphatic hydroxyl groups is 1. The summed E-state index contributed by atoms with van der Waals surface area (Å²) in [6.45, 7) is 4.15. The van der Waals surface area contributed by atoms with Crippen LogP contribution in [0.15, 0.2) is 6.33 Å². The molecule has 5 nitrogen and oxygen atoms in total. The molecule has 0 aromatic carbocycles. The van der Waals surface area contributed by atoms with E-state index >= 15 is 0 Å². The van der Waals surface area contributed by atoms with Gasteiger partial charge in [-0.25, -0.2) is 9.97 Å². The fraction of sp³-hybridized carbons (Fsp3) is 0.636. The summed E-state index contributed by atoms with van der Waals surface area (Å²) in [5, 5.41) is 9.65. The van der Waals surface area contributed by atoms with Crippen LogP contribution >= 0.6 is 11.6 Å². The molecule has 1 aromatic heterocycles. The van der Waals surface area contributed by atoms with Crippen molar-refractivity contribution in [3.63, 3.8) is 0 Å². The van der Waals surface area contributed by atoms with Crippen molar-refractivity contribution in [2.75, 3.05) is 24.6 Å². The van der Waals surface area contributed by atoms with Crippen molar-refractivity contribution >= 4 is 17.4 Å². The zero-order valence-electron chi connectivity index (χ0n) is 9.77. The lowest BCUT2D eigenvalue weighted by molar-refractivity contribution is 0.0380. The van der Waals surface area contributed by atoms with Crippen molar-refractivity contribution in [1.82, 2.24) is 9.97 Å². The Balaban J connectivity index is 2.24. The Hall–Kier alpha value is -0.910. The molecule has 0 saturated carbocycles. The van der Waals surface area contributed by atoms with Crippen LogP contribution in [0.1, 0.15) is 18.9 Å². The van der Waals surface area contributed by atoms with Crippen LogP contribution in [-0.4, -0.2) is 40.9 Å². The second kappa shape index (κ2) is 5.62. The number of aliphatic hydroxyl groups excluding tert-OH is 1. The molecule has 0 bridgehead atoms. The van der Waals surface area contributed by atoms with E-state index in [4.69, 9.17) is 16.3 Å². The largest absolute Gasteiger partial charge is 0.391 e. The molecule has 1 unspecified atom stereocenters. The highest BCUT2D eigenvalue weighted by atomic mass is 35.5. The van der Waals surface area contributed by atoms with Crippen molar-refractivity contribution in [3.8, 4) is 0 Å². The molecule has 17 heavy (non-hydrogen) atoms. The molecule has 1 aliphatic heterocycles. The number of hydrogen-bond acceptors (Lipinski definition) is 5. The molecule has 1 N–H and O–H groups in total. The first-order valence-electron chi connectivity index (χ1n) is 5.73. The van der Waals surface area contributed by atoms with Crippen molar-refractivity contribution < 1.29 is 9.84 Å². The Kier molecular flexibility index (Phi) is 4.15. The molecular formula is C11H16ClN3O2. The summed E-state index contributed by atoms with van der Waals surface area (Å²) in [4.78, 5) is 10.2. The van der Waals surface area contributed by atoms with Gasteiger partial charge in [0.15, 0.2) is 0 Å². The van der Waals surface area contributed by atoms with E-state index in [2.05, 4.69) is 21.8 Å². The first-order valence-corrected chi connectivity index (χ1v) is 6.10. The fourth-order valence-corrected chi connectivity index (χ4v) is 2.14. The van der Waals surface area contributed by atoms with Crippen molar-refractivity contribution in [2.45, 2.75) is 26.1 Å². The molecule has 1 atom stereocenters. The predicted molar refractivity (Wildman–Crippen MR) is 65.2 cm³/mol. The molecule has 1 aromatic rings. The van der Waals surface area contributed by atoms with Gasteiger partial charge >= 0.3 is 0 Å². The molecule has 1 saturated heterocycles. The number of halogens is 1. The van der Waals surface area contributed by atoms with E-state index in [1.807, 2.05) is 0 Å². The zero-order chi connectivity index (χ0) is 12.3. The second-order valence-electron chi connectivity index (χ2n) is 3.97. The standard InChI is InChI=1S/C11H16ClN3O2/c1-2-8-5-15(3-4-17-8)11-9(6-16)10(12)13-7-14-11/h7-8,16H,2-6H2,1H3. The van der Waals surface area contributed by atoms with Gasteiger partial charge in [0.2, 0.25) is 0 Å². The van der Waals surface area contributed by atoms with Crippen LogP contribution in [0.5, 0.6) is 0 Å². The van der Waals surface area contributed by atoms with Crippen molar-refractivity contribution in [1.29, 1.82) is 0 Å². The molecule has 6 heteroatoms. The van der Waals surface area contributed by atoms with Gasteiger partial charge in [0.25, 0.3) is 0 Å². The van der Waals surface area contributed by atoms with Gasteiger partial charge in [0.05, 0.1) is 24.9 Å². The third-order valence-corrected chi connectivity index (χ3v) is 3.25. The van der Waals surface area contributed by atoms with Crippen LogP contribution in [0.2, 0.25) is 5.15 Å². The van der Waals surface area contributed by atoms with Gasteiger partial charge in [-0.05, 0) is 6.42 Å². The van der Waals surface area contributed by atoms with Crippen LogP contribution < -0.4 is 4.90 Å². The van der Waals surface area contributed by atoms with Crippen molar-refractivity contribution in [3.05, 3.63) is 17.0 Å². The Morgan fingerprint density at radius 2 is 2.41 bits per heavy atom. The Bertz CT molecular complexity index is 389. The van der Waals surface area contributed by atoms with E-state index in [0.717, 1.165) is 19.5 Å². The Morgan fingerprint density at radius 1 is 1.59 bits per heavy atom. The van der Waals surface area contributed by atoms with E-state index in [-0.39, 0.29) is 12.7 Å². The van der Waals surface area contributed by atoms with Crippen LogP contribution in [-0.2, 0) is 11.3 Å². The first kappa shape index (κ1) is 12.5. The van der Waals surface area contributed by atoms with E-state index < -0.39 is 0 Å². The summed E-state index contributed by atoms with van der Waals surface area (Å²) in [7, 11) is 0. The van der Waals surface area contributed by atoms with Crippen molar-refractivity contribution in [2.24, 2.45) is 0 Å². The van der Waals surface area contributed by atoms with Gasteiger partial charge in [-0.1, -0.05) is 18.5 Å². The summed E-state index contributed by atoms with van der Waals surface area (Å²) in [5.41, 5.74) is 0.589. The topological polar surface area (TPSA) is 58.5 Å². The molecule has 0 spiro atoms. The van der Waals surface area contributed by atoms with E-state index in [1.54, 1.807) is 0 Å². The van der Waals surface area contributed by atoms with Crippen LogP contribution in [0.4, 0.5) is 5.82 Å². The minimum atomic E-state index is -0.150. The SMILES string of the molecule is CCC1CN(c2ncnc(Cl)c2CO)CCO1. The van der Waals surface area contributed by atoms with E-state index in [9.17, 15) is 5.11 Å². The summed E-state index contributed by atoms with van der Waals surface area (Å²) >= 11 is 5.95. The maximum absolute atomic E-state index is 9.33. The summed E-state index contributed by atoms with van der Waals surface area (Å²) in [5.74, 6) is 0.717. The molecule has 2 rings (SSSR count). The predicted octanol–water partition coefficient (Wildman–Crippen LogP) is 1.24. The second-order valence-corrected chi connectivity index (χ2v) is 4.33. The highest BCUT2D eigenvalue weighted by molar-refractivity contribution is 6.30. The number of hydrogen-bond donors (Lipinski definition) is 1. The minimum absolute atomic E-state index is 0.150. The third kappa shape index (κ3) is 2.68. The van der Waals surface area contributed by atoms with Gasteiger partial charge < -0.3 is 14.7 Å². The number of aromatic nitrogens is 2. The van der Waals surface area contributed by atoms with E-state index in [1.165, 1.54) is 6.33 Å². The average molecular weight is 258 g/mol. The number of nitrogens with zero attached hydrogens (tertiary/aromatic N) is 3. The van der Waals surface area contributed by atoms with Crippen LogP contribution in [0.25, 0.3) is 0 Å². The first-order chi connectivity index (χ1) is 8.26. The lowest BCUT2D eigenvalue weighted by atomic mass is 10.2. The van der Waals surface area contributed by atoms with Gasteiger partial charge in [-0.3, -0.25) is 0 Å². The summed E-state index contributed by atoms with van der Waals surface area (Å²) in [6, 6.07) is 0. The van der Waals surface area contributed by atoms with Gasteiger partial charge in [0.1, 0.15) is 17.3 Å². The molecule has 1 fully saturated rings. The summed E-state index contributed by atoms with van der Waals surface area (Å²) in [6.07, 6.45) is 2.60. The van der Waals surface area contributed by atoms with Gasteiger partial charge in [0, 0.05) is 13.1 Å². The highest BCUT2D eigenvalue weighted by Crippen LogP contribution is 2.25. The van der Waals surface area contributed by atoms with Crippen LogP contribution in [0.3, 0.4) is 0 Å². The lowest BCUT2D eigenvalue weighted by Crippen LogP contribution is -2.43. The summed E-state index contributed by atoms with van der Waals surface area (Å²) < 4.78 is 5.60. The van der Waals surface area contributed by atoms with E-state index in [0.29, 0.717) is 23.1 Å². The maximum atomic E-state index is 9.33. The number of ether oxygens (including phenoxy) is 1. The molecular weight excluding hydrogens is 242 g/mol. The Labute approximate surface area is 105 Å². The molecule has 1 aliphatic rings. The smallest absolute Gasteiger partial charge is 0.140 e. The molecule has 94 valence electrons. The average Bonchev–Trinajstić information content (AvgIpc) is 2.38. The van der Waals surface area contributed by atoms with Gasteiger partial charge in [-0.2, -0.15) is 0 Å². The lowest BCUT2D eigenvalue weighted by Gasteiger charge is -2.34. The molecule has 0 amide bonds. The number of morpholine rings is 1. The normalized spacial score (nSPS) is 20.6. The third-order valence-electron chi connectivity index (χ3n) is 2.92. The zero-order valence-corrected chi connectivity index (χ0v) is 10.5. The maximum Gasteiger partial charge on any atom is 0.140 e. The molecule has 0 aliphatic carbocycles. The Morgan fingerprint density at radius 3 is 3.12 bits per heavy atom. The quantitative estimate of drug-likeness (QED) is 0.826. The fourth-order valence-electron chi connectivity index (χ4n) is 1.95. The number of rotatable bonds is 3. The minimum Gasteiger partial charge on any atom is -0.391 e. The number of anilines is 1. The molecule has 2 heterocycles.